The van der Waals surface area contributed by atoms with Gasteiger partial charge in [0.1, 0.15) is 0 Å². The van der Waals surface area contributed by atoms with Crippen molar-refractivity contribution in [1.82, 2.24) is 5.43 Å². The highest BCUT2D eigenvalue weighted by molar-refractivity contribution is 6.43. The predicted octanol–water partition coefficient (Wildman–Crippen LogP) is 4.39. The molecule has 24 heavy (non-hydrogen) atoms. The van der Waals surface area contributed by atoms with Gasteiger partial charge in [0.15, 0.2) is 0 Å². The summed E-state index contributed by atoms with van der Waals surface area (Å²) in [6.07, 6.45) is 1.27. The molecule has 2 rings (SSSR count). The third-order valence-corrected chi connectivity index (χ3v) is 4.13. The fourth-order valence-electron chi connectivity index (χ4n) is 1.60. The van der Waals surface area contributed by atoms with E-state index in [1.54, 1.807) is 24.3 Å². The number of hydrazone groups is 1. The Bertz CT molecular complexity index is 824. The zero-order valence-electron chi connectivity index (χ0n) is 11.8. The number of rotatable bonds is 3. The van der Waals surface area contributed by atoms with E-state index in [0.29, 0.717) is 15.6 Å². The molecule has 2 aromatic carbocycles. The minimum atomic E-state index is -0.986. The SMILES string of the molecule is O=C(N/N=C\c1cccc(Cl)c1Cl)C(=O)Nc1cc(Cl)ccc1Cl. The van der Waals surface area contributed by atoms with E-state index in [-0.39, 0.29) is 15.7 Å². The van der Waals surface area contributed by atoms with Crippen LogP contribution in [-0.4, -0.2) is 18.0 Å². The minimum absolute atomic E-state index is 0.214. The maximum atomic E-state index is 11.8. The number of benzene rings is 2. The summed E-state index contributed by atoms with van der Waals surface area (Å²) in [7, 11) is 0. The molecule has 2 amide bonds. The van der Waals surface area contributed by atoms with Gasteiger partial charge in [-0.3, -0.25) is 9.59 Å². The van der Waals surface area contributed by atoms with Crippen LogP contribution in [-0.2, 0) is 9.59 Å². The van der Waals surface area contributed by atoms with Gasteiger partial charge in [-0.1, -0.05) is 58.5 Å². The molecular formula is C15H9Cl4N3O2. The lowest BCUT2D eigenvalue weighted by atomic mass is 10.2. The van der Waals surface area contributed by atoms with Gasteiger partial charge in [0.25, 0.3) is 0 Å². The lowest BCUT2D eigenvalue weighted by Gasteiger charge is -2.06. The van der Waals surface area contributed by atoms with E-state index >= 15 is 0 Å². The number of hydrogen-bond acceptors (Lipinski definition) is 3. The molecule has 9 heteroatoms. The monoisotopic (exact) mass is 403 g/mol. The molecule has 0 fully saturated rings. The van der Waals surface area contributed by atoms with Crippen LogP contribution in [0.4, 0.5) is 5.69 Å². The van der Waals surface area contributed by atoms with Gasteiger partial charge in [-0.25, -0.2) is 5.43 Å². The summed E-state index contributed by atoms with van der Waals surface area (Å²) in [6.45, 7) is 0. The number of halogens is 4. The van der Waals surface area contributed by atoms with Crippen LogP contribution in [0.15, 0.2) is 41.5 Å². The Morgan fingerprint density at radius 2 is 1.71 bits per heavy atom. The Morgan fingerprint density at radius 1 is 0.958 bits per heavy atom. The fourth-order valence-corrected chi connectivity index (χ4v) is 2.30. The number of carbonyl (C=O) groups is 2. The number of amides is 2. The molecule has 0 unspecified atom stereocenters. The van der Waals surface area contributed by atoms with Crippen molar-refractivity contribution in [3.63, 3.8) is 0 Å². The van der Waals surface area contributed by atoms with Crippen LogP contribution >= 0.6 is 46.4 Å². The molecule has 0 heterocycles. The van der Waals surface area contributed by atoms with Crippen LogP contribution in [0.1, 0.15) is 5.56 Å². The van der Waals surface area contributed by atoms with Crippen molar-refractivity contribution >= 4 is 70.1 Å². The normalized spacial score (nSPS) is 10.7. The number of nitrogens with one attached hydrogen (secondary N) is 2. The third-order valence-electron chi connectivity index (χ3n) is 2.73. The van der Waals surface area contributed by atoms with Crippen molar-refractivity contribution in [3.8, 4) is 0 Å². The summed E-state index contributed by atoms with van der Waals surface area (Å²) in [5.41, 5.74) is 2.78. The molecule has 0 bridgehead atoms. The summed E-state index contributed by atoms with van der Waals surface area (Å²) < 4.78 is 0. The van der Waals surface area contributed by atoms with E-state index in [1.807, 2.05) is 0 Å². The summed E-state index contributed by atoms with van der Waals surface area (Å²) in [5.74, 6) is -1.94. The lowest BCUT2D eigenvalue weighted by Crippen LogP contribution is -2.32. The van der Waals surface area contributed by atoms with E-state index in [2.05, 4.69) is 15.8 Å². The first-order valence-electron chi connectivity index (χ1n) is 6.42. The van der Waals surface area contributed by atoms with Gasteiger partial charge >= 0.3 is 11.8 Å². The van der Waals surface area contributed by atoms with Crippen LogP contribution in [0.2, 0.25) is 20.1 Å². The quantitative estimate of drug-likeness (QED) is 0.452. The number of carbonyl (C=O) groups excluding carboxylic acids is 2. The maximum Gasteiger partial charge on any atom is 0.329 e. The topological polar surface area (TPSA) is 70.6 Å². The molecule has 0 atom stereocenters. The zero-order chi connectivity index (χ0) is 17.7. The molecule has 0 saturated heterocycles. The Labute approximate surface area is 157 Å². The van der Waals surface area contributed by atoms with Crippen molar-refractivity contribution < 1.29 is 9.59 Å². The van der Waals surface area contributed by atoms with Gasteiger partial charge in [0.05, 0.1) is 27.0 Å². The van der Waals surface area contributed by atoms with E-state index in [9.17, 15) is 9.59 Å². The van der Waals surface area contributed by atoms with Crippen molar-refractivity contribution in [2.24, 2.45) is 5.10 Å². The summed E-state index contributed by atoms with van der Waals surface area (Å²) in [4.78, 5) is 23.5. The smallest absolute Gasteiger partial charge is 0.316 e. The molecule has 0 saturated carbocycles. The number of nitrogens with zero attached hydrogens (tertiary/aromatic N) is 1. The highest BCUT2D eigenvalue weighted by atomic mass is 35.5. The average Bonchev–Trinajstić information content (AvgIpc) is 2.54. The lowest BCUT2D eigenvalue weighted by molar-refractivity contribution is -0.136. The van der Waals surface area contributed by atoms with Gasteiger partial charge in [-0.2, -0.15) is 5.10 Å². The summed E-state index contributed by atoms with van der Waals surface area (Å²) in [6, 6.07) is 9.41. The first-order chi connectivity index (χ1) is 11.4. The van der Waals surface area contributed by atoms with Crippen LogP contribution in [0.5, 0.6) is 0 Å². The zero-order valence-corrected chi connectivity index (χ0v) is 14.8. The van der Waals surface area contributed by atoms with Gasteiger partial charge in [0.2, 0.25) is 0 Å². The standard InChI is InChI=1S/C15H9Cl4N3O2/c16-9-4-5-10(17)12(6-9)21-14(23)15(24)22-20-7-8-2-1-3-11(18)13(8)19/h1-7H,(H,21,23)(H,22,24)/b20-7-. The number of anilines is 1. The molecule has 0 spiro atoms. The van der Waals surface area contributed by atoms with E-state index in [4.69, 9.17) is 46.4 Å². The Balaban J connectivity index is 1.99. The molecule has 2 N–H and O–H groups in total. The number of hydrogen-bond donors (Lipinski definition) is 2. The molecule has 0 aliphatic heterocycles. The van der Waals surface area contributed by atoms with Crippen LogP contribution in [0.3, 0.4) is 0 Å². The Morgan fingerprint density at radius 3 is 2.46 bits per heavy atom. The third kappa shape index (κ3) is 4.85. The van der Waals surface area contributed by atoms with Crippen molar-refractivity contribution in [2.45, 2.75) is 0 Å². The summed E-state index contributed by atoms with van der Waals surface area (Å²) in [5, 5.41) is 7.23. The van der Waals surface area contributed by atoms with Crippen molar-refractivity contribution in [3.05, 3.63) is 62.1 Å². The highest BCUT2D eigenvalue weighted by Gasteiger charge is 2.14. The molecule has 0 aromatic heterocycles. The van der Waals surface area contributed by atoms with Crippen LogP contribution in [0, 0.1) is 0 Å². The first kappa shape index (κ1) is 18.5. The Hall–Kier alpha value is -1.79. The van der Waals surface area contributed by atoms with E-state index in [1.165, 1.54) is 18.3 Å². The molecular weight excluding hydrogens is 396 g/mol. The van der Waals surface area contributed by atoms with Crippen LogP contribution in [0.25, 0.3) is 0 Å². The van der Waals surface area contributed by atoms with Crippen molar-refractivity contribution in [1.29, 1.82) is 0 Å². The predicted molar refractivity (Wildman–Crippen MR) is 97.3 cm³/mol. The second kappa shape index (κ2) is 8.35. The molecule has 0 aliphatic carbocycles. The van der Waals surface area contributed by atoms with Crippen molar-refractivity contribution in [2.75, 3.05) is 5.32 Å². The molecule has 2 aromatic rings. The average molecular weight is 405 g/mol. The Kier molecular flexibility index (Phi) is 6.45. The molecule has 0 radical (unpaired) electrons. The minimum Gasteiger partial charge on any atom is -0.316 e. The highest BCUT2D eigenvalue weighted by Crippen LogP contribution is 2.25. The van der Waals surface area contributed by atoms with Gasteiger partial charge in [0, 0.05) is 10.6 Å². The van der Waals surface area contributed by atoms with Crippen LogP contribution < -0.4 is 10.7 Å². The molecule has 0 aliphatic rings. The first-order valence-corrected chi connectivity index (χ1v) is 7.93. The molecule has 124 valence electrons. The molecule has 5 nitrogen and oxygen atoms in total. The largest absolute Gasteiger partial charge is 0.329 e. The summed E-state index contributed by atoms with van der Waals surface area (Å²) >= 11 is 23.5. The second-order valence-electron chi connectivity index (χ2n) is 4.42. The second-order valence-corrected chi connectivity index (χ2v) is 6.05. The van der Waals surface area contributed by atoms with Gasteiger partial charge < -0.3 is 5.32 Å². The van der Waals surface area contributed by atoms with Gasteiger partial charge in [-0.15, -0.1) is 0 Å². The fraction of sp³-hybridized carbons (Fsp3) is 0. The maximum absolute atomic E-state index is 11.8. The van der Waals surface area contributed by atoms with Gasteiger partial charge in [-0.05, 0) is 24.3 Å². The van der Waals surface area contributed by atoms with E-state index in [0.717, 1.165) is 0 Å². The van der Waals surface area contributed by atoms with E-state index < -0.39 is 11.8 Å².